The molecule has 0 radical (unpaired) electrons. The molecule has 0 unspecified atom stereocenters. The Morgan fingerprint density at radius 2 is 1.55 bits per heavy atom. The number of fused-ring (bicyclic) bond motifs is 3. The Labute approximate surface area is 245 Å². The van der Waals surface area contributed by atoms with E-state index >= 15 is 0 Å². The number of amides is 1. The molecular formula is C35H34N2O5. The van der Waals surface area contributed by atoms with Gasteiger partial charge in [-0.05, 0) is 28.2 Å². The molecule has 6 rings (SSSR count). The molecule has 1 amide bonds. The molecule has 1 aliphatic heterocycles. The molecule has 7 heteroatoms. The van der Waals surface area contributed by atoms with Crippen LogP contribution in [0.1, 0.15) is 63.9 Å². The summed E-state index contributed by atoms with van der Waals surface area (Å²) in [5, 5.41) is 0. The first kappa shape index (κ1) is 27.7. The highest BCUT2D eigenvalue weighted by molar-refractivity contribution is 6.24. The average Bonchev–Trinajstić information content (AvgIpc) is 3.28. The van der Waals surface area contributed by atoms with Crippen molar-refractivity contribution in [3.8, 4) is 16.9 Å². The molecule has 0 spiro atoms. The van der Waals surface area contributed by atoms with Gasteiger partial charge in [-0.25, -0.2) is 0 Å². The van der Waals surface area contributed by atoms with Crippen molar-refractivity contribution in [3.05, 3.63) is 123 Å². The number of hydrogen-bond donors (Lipinski definition) is 0. The fraction of sp³-hybridized carbons (Fsp3) is 0.286. The van der Waals surface area contributed by atoms with E-state index in [-0.39, 0.29) is 34.9 Å². The summed E-state index contributed by atoms with van der Waals surface area (Å²) < 4.78 is 11.5. The summed E-state index contributed by atoms with van der Waals surface area (Å²) in [7, 11) is 0. The predicted octanol–water partition coefficient (Wildman–Crippen LogP) is 5.69. The van der Waals surface area contributed by atoms with E-state index in [0.717, 1.165) is 16.7 Å². The van der Waals surface area contributed by atoms with E-state index in [9.17, 15) is 14.4 Å². The lowest BCUT2D eigenvalue weighted by molar-refractivity contribution is 0.0620. The van der Waals surface area contributed by atoms with E-state index in [2.05, 4.69) is 37.8 Å². The second-order valence-electron chi connectivity index (χ2n) is 12.0. The summed E-state index contributed by atoms with van der Waals surface area (Å²) >= 11 is 0. The van der Waals surface area contributed by atoms with Crippen LogP contribution in [0.2, 0.25) is 0 Å². The summed E-state index contributed by atoms with van der Waals surface area (Å²) in [6.07, 6.45) is 1.38. The van der Waals surface area contributed by atoms with Gasteiger partial charge in [0.15, 0.2) is 5.78 Å². The van der Waals surface area contributed by atoms with Crippen molar-refractivity contribution < 1.29 is 18.7 Å². The van der Waals surface area contributed by atoms with Crippen LogP contribution < -0.4 is 10.2 Å². The number of benzene rings is 3. The number of ether oxygens (including phenoxy) is 1. The van der Waals surface area contributed by atoms with Gasteiger partial charge >= 0.3 is 0 Å². The summed E-state index contributed by atoms with van der Waals surface area (Å²) in [6, 6.07) is 22.5. The maximum Gasteiger partial charge on any atom is 0.254 e. The molecule has 1 fully saturated rings. The fourth-order valence-corrected chi connectivity index (χ4v) is 5.64. The molecule has 2 aliphatic rings. The summed E-state index contributed by atoms with van der Waals surface area (Å²) in [5.74, 6) is 0.631. The Kier molecular flexibility index (Phi) is 7.29. The van der Waals surface area contributed by atoms with Gasteiger partial charge in [-0.1, -0.05) is 81.4 Å². The third-order valence-electron chi connectivity index (χ3n) is 8.09. The highest BCUT2D eigenvalue weighted by Gasteiger charge is 2.32. The van der Waals surface area contributed by atoms with Crippen LogP contribution in [0.4, 0.5) is 0 Å². The van der Waals surface area contributed by atoms with Gasteiger partial charge in [0.2, 0.25) is 11.2 Å². The molecule has 0 N–H and O–H groups in total. The highest BCUT2D eigenvalue weighted by Crippen LogP contribution is 2.39. The van der Waals surface area contributed by atoms with Gasteiger partial charge in [0, 0.05) is 54.5 Å². The van der Waals surface area contributed by atoms with Crippen LogP contribution in [0.5, 0.6) is 5.75 Å². The molecule has 0 saturated carbocycles. The lowest BCUT2D eigenvalue weighted by Gasteiger charge is -2.34. The Bertz CT molecular complexity index is 1710. The molecule has 0 bridgehead atoms. The normalized spacial score (nSPS) is 14.9. The first-order chi connectivity index (χ1) is 20.2. The number of carbonyl (C=O) groups is 2. The van der Waals surface area contributed by atoms with Crippen molar-refractivity contribution in [1.29, 1.82) is 0 Å². The quantitative estimate of drug-likeness (QED) is 0.265. The number of nitrogens with zero attached hydrogens (tertiary/aromatic N) is 2. The standard InChI is InChI=1S/C35H34N2O5/c1-35(2,3)24-13-11-23(12-14-24)21-42-31-22-41-25(19-30(31)38)20-36-15-17-37(18-16-36)34(40)29-10-6-9-28-32(29)26-7-4-5-8-27(26)33(28)39/h4-14,19,22H,15-18,20-21H2,1-3H3. The van der Waals surface area contributed by atoms with Crippen LogP contribution in [-0.2, 0) is 18.6 Å². The molecule has 42 heavy (non-hydrogen) atoms. The van der Waals surface area contributed by atoms with E-state index in [4.69, 9.17) is 9.15 Å². The number of piperazine rings is 1. The number of rotatable bonds is 6. The van der Waals surface area contributed by atoms with Gasteiger partial charge in [0.05, 0.1) is 6.54 Å². The van der Waals surface area contributed by atoms with Gasteiger partial charge in [-0.2, -0.15) is 0 Å². The van der Waals surface area contributed by atoms with Gasteiger partial charge in [-0.3, -0.25) is 19.3 Å². The van der Waals surface area contributed by atoms with Crippen molar-refractivity contribution in [2.75, 3.05) is 26.2 Å². The third kappa shape index (κ3) is 5.40. The molecule has 0 atom stereocenters. The summed E-state index contributed by atoms with van der Waals surface area (Å²) in [5.41, 5.74) is 5.43. The van der Waals surface area contributed by atoms with Crippen molar-refractivity contribution in [1.82, 2.24) is 9.80 Å². The second kappa shape index (κ2) is 11.1. The van der Waals surface area contributed by atoms with Crippen molar-refractivity contribution in [2.45, 2.75) is 39.3 Å². The molecule has 7 nitrogen and oxygen atoms in total. The molecule has 2 heterocycles. The fourth-order valence-electron chi connectivity index (χ4n) is 5.64. The Balaban J connectivity index is 1.05. The van der Waals surface area contributed by atoms with Crippen molar-refractivity contribution >= 4 is 11.7 Å². The molecule has 1 aliphatic carbocycles. The lowest BCUT2D eigenvalue weighted by atomic mass is 9.87. The number of hydrogen-bond acceptors (Lipinski definition) is 6. The Hall–Kier alpha value is -4.49. The Morgan fingerprint density at radius 3 is 2.24 bits per heavy atom. The van der Waals surface area contributed by atoms with Crippen LogP contribution in [0, 0.1) is 0 Å². The minimum atomic E-state index is -0.218. The molecule has 1 aromatic heterocycles. The van der Waals surface area contributed by atoms with E-state index in [0.29, 0.717) is 55.2 Å². The zero-order valence-corrected chi connectivity index (χ0v) is 24.2. The maximum atomic E-state index is 13.6. The van der Waals surface area contributed by atoms with Crippen LogP contribution in [0.3, 0.4) is 0 Å². The lowest BCUT2D eigenvalue weighted by Crippen LogP contribution is -2.48. The number of ketones is 1. The highest BCUT2D eigenvalue weighted by atomic mass is 16.5. The predicted molar refractivity (Wildman–Crippen MR) is 161 cm³/mol. The average molecular weight is 563 g/mol. The van der Waals surface area contributed by atoms with E-state index < -0.39 is 0 Å². The van der Waals surface area contributed by atoms with Crippen LogP contribution >= 0.6 is 0 Å². The van der Waals surface area contributed by atoms with Crippen molar-refractivity contribution in [3.63, 3.8) is 0 Å². The third-order valence-corrected chi connectivity index (χ3v) is 8.09. The largest absolute Gasteiger partial charge is 0.482 e. The maximum absolute atomic E-state index is 13.6. The van der Waals surface area contributed by atoms with Crippen LogP contribution in [0.25, 0.3) is 11.1 Å². The molecule has 1 saturated heterocycles. The molecule has 214 valence electrons. The minimum Gasteiger partial charge on any atom is -0.482 e. The van der Waals surface area contributed by atoms with Crippen molar-refractivity contribution in [2.24, 2.45) is 0 Å². The van der Waals surface area contributed by atoms with Crippen LogP contribution in [-0.4, -0.2) is 47.7 Å². The van der Waals surface area contributed by atoms with E-state index in [1.807, 2.05) is 47.4 Å². The summed E-state index contributed by atoms with van der Waals surface area (Å²) in [6.45, 7) is 9.63. The van der Waals surface area contributed by atoms with Gasteiger partial charge < -0.3 is 14.1 Å². The first-order valence-corrected chi connectivity index (χ1v) is 14.3. The van der Waals surface area contributed by atoms with E-state index in [1.54, 1.807) is 12.1 Å². The minimum absolute atomic E-state index is 0.0345. The van der Waals surface area contributed by atoms with Gasteiger partial charge in [0.1, 0.15) is 18.6 Å². The van der Waals surface area contributed by atoms with E-state index in [1.165, 1.54) is 17.9 Å². The monoisotopic (exact) mass is 562 g/mol. The molecule has 4 aromatic rings. The summed E-state index contributed by atoms with van der Waals surface area (Å²) in [4.78, 5) is 43.1. The molecule has 3 aromatic carbocycles. The smallest absolute Gasteiger partial charge is 0.254 e. The van der Waals surface area contributed by atoms with Crippen LogP contribution in [0.15, 0.2) is 88.3 Å². The SMILES string of the molecule is CC(C)(C)c1ccc(COc2coc(CN3CCN(C(=O)c4cccc5c4-c4ccccc4C5=O)CC3)cc2=O)cc1. The number of carbonyl (C=O) groups excluding carboxylic acids is 2. The topological polar surface area (TPSA) is 80.1 Å². The second-order valence-corrected chi connectivity index (χ2v) is 12.0. The zero-order valence-electron chi connectivity index (χ0n) is 24.2. The first-order valence-electron chi connectivity index (χ1n) is 14.3. The van der Waals surface area contributed by atoms with Gasteiger partial charge in [0.25, 0.3) is 5.91 Å². The Morgan fingerprint density at radius 1 is 0.857 bits per heavy atom. The zero-order chi connectivity index (χ0) is 29.4. The van der Waals surface area contributed by atoms with Gasteiger partial charge in [-0.15, -0.1) is 0 Å². The molecular weight excluding hydrogens is 528 g/mol.